The lowest BCUT2D eigenvalue weighted by Crippen LogP contribution is -2.45. The molecule has 1 saturated carbocycles. The van der Waals surface area contributed by atoms with Gasteiger partial charge in [-0.05, 0) is 61.4 Å². The number of halogens is 1. The van der Waals surface area contributed by atoms with Crippen molar-refractivity contribution in [2.45, 2.75) is 44.2 Å². The highest BCUT2D eigenvalue weighted by Gasteiger charge is 2.55. The maximum atomic E-state index is 13.1. The van der Waals surface area contributed by atoms with Crippen molar-refractivity contribution in [3.8, 4) is 0 Å². The predicted octanol–water partition coefficient (Wildman–Crippen LogP) is 3.52. The first-order valence-electron chi connectivity index (χ1n) is 11.7. The standard InChI is InChI=1S/C25H29ClN4O3/c26-20-15-19(6-7-21(20)29-9-11-33-12-10-29)28-25(32)23-14-18-13-22(18)30(23)24(31)5-1-3-17-4-2-8-27-16-17/h2,4,6-8,15-16,18,22-23H,1,3,5,9-14H2,(H,28,32)/t18-,22-,23+/m1/s1. The molecule has 3 aliphatic rings. The summed E-state index contributed by atoms with van der Waals surface area (Å²) in [6.07, 6.45) is 7.35. The van der Waals surface area contributed by atoms with Gasteiger partial charge in [0, 0.05) is 43.6 Å². The van der Waals surface area contributed by atoms with Gasteiger partial charge in [-0.2, -0.15) is 0 Å². The maximum Gasteiger partial charge on any atom is 0.247 e. The summed E-state index contributed by atoms with van der Waals surface area (Å²) in [6, 6.07) is 9.36. The number of morpholine rings is 1. The number of carbonyl (C=O) groups excluding carboxylic acids is 2. The molecule has 8 heteroatoms. The van der Waals surface area contributed by atoms with Crippen LogP contribution >= 0.6 is 11.6 Å². The molecule has 0 unspecified atom stereocenters. The van der Waals surface area contributed by atoms with E-state index in [1.54, 1.807) is 12.3 Å². The molecule has 0 radical (unpaired) electrons. The fourth-order valence-corrected chi connectivity index (χ4v) is 5.34. The van der Waals surface area contributed by atoms with Gasteiger partial charge in [-0.25, -0.2) is 0 Å². The van der Waals surface area contributed by atoms with Crippen molar-refractivity contribution < 1.29 is 14.3 Å². The monoisotopic (exact) mass is 468 g/mol. The summed E-state index contributed by atoms with van der Waals surface area (Å²) in [6.45, 7) is 2.97. The van der Waals surface area contributed by atoms with Crippen LogP contribution in [-0.4, -0.2) is 60.1 Å². The molecule has 2 aliphatic heterocycles. The average Bonchev–Trinajstić information content (AvgIpc) is 3.49. The highest BCUT2D eigenvalue weighted by atomic mass is 35.5. The molecular weight excluding hydrogens is 440 g/mol. The Labute approximate surface area is 199 Å². The van der Waals surface area contributed by atoms with E-state index in [2.05, 4.69) is 15.2 Å². The molecular formula is C25H29ClN4O3. The number of ether oxygens (including phenoxy) is 1. The minimum Gasteiger partial charge on any atom is -0.378 e. The molecule has 3 heterocycles. The van der Waals surface area contributed by atoms with Crippen LogP contribution in [0.25, 0.3) is 0 Å². The van der Waals surface area contributed by atoms with Crippen LogP contribution in [0.4, 0.5) is 11.4 Å². The van der Waals surface area contributed by atoms with E-state index < -0.39 is 6.04 Å². The molecule has 2 saturated heterocycles. The number of aryl methyl sites for hydroxylation is 1. The zero-order valence-electron chi connectivity index (χ0n) is 18.6. The number of fused-ring (bicyclic) bond motifs is 1. The molecule has 3 fully saturated rings. The van der Waals surface area contributed by atoms with Gasteiger partial charge in [0.1, 0.15) is 6.04 Å². The van der Waals surface area contributed by atoms with E-state index in [0.717, 1.165) is 50.0 Å². The third-order valence-electron chi connectivity index (χ3n) is 6.84. The summed E-state index contributed by atoms with van der Waals surface area (Å²) in [7, 11) is 0. The fraction of sp³-hybridized carbons (Fsp3) is 0.480. The molecule has 2 amide bonds. The summed E-state index contributed by atoms with van der Waals surface area (Å²) >= 11 is 6.52. The van der Waals surface area contributed by atoms with Gasteiger partial charge in [-0.15, -0.1) is 0 Å². The quantitative estimate of drug-likeness (QED) is 0.673. The predicted molar refractivity (Wildman–Crippen MR) is 127 cm³/mol. The summed E-state index contributed by atoms with van der Waals surface area (Å²) in [5.74, 6) is 0.401. The number of likely N-dealkylation sites (tertiary alicyclic amines) is 1. The zero-order valence-corrected chi connectivity index (χ0v) is 19.3. The number of anilines is 2. The number of hydrogen-bond donors (Lipinski definition) is 1. The highest BCUT2D eigenvalue weighted by molar-refractivity contribution is 6.33. The second-order valence-electron chi connectivity index (χ2n) is 9.09. The number of nitrogens with zero attached hydrogens (tertiary/aromatic N) is 3. The molecule has 3 atom stereocenters. The van der Waals surface area contributed by atoms with Crippen LogP contribution in [0.5, 0.6) is 0 Å². The third kappa shape index (κ3) is 4.99. The summed E-state index contributed by atoms with van der Waals surface area (Å²) in [5, 5.41) is 3.60. The van der Waals surface area contributed by atoms with Gasteiger partial charge in [0.25, 0.3) is 0 Å². The number of carbonyl (C=O) groups is 2. The molecule has 2 aromatic rings. The Balaban J connectivity index is 1.19. The van der Waals surface area contributed by atoms with Crippen LogP contribution in [0.3, 0.4) is 0 Å². The molecule has 5 rings (SSSR count). The normalized spacial score (nSPS) is 23.8. The third-order valence-corrected chi connectivity index (χ3v) is 7.14. The van der Waals surface area contributed by atoms with Crippen LogP contribution in [0, 0.1) is 5.92 Å². The van der Waals surface area contributed by atoms with Gasteiger partial charge in [0.2, 0.25) is 11.8 Å². The van der Waals surface area contributed by atoms with Gasteiger partial charge in [0.05, 0.1) is 23.9 Å². The lowest BCUT2D eigenvalue weighted by Gasteiger charge is -2.30. The van der Waals surface area contributed by atoms with E-state index in [1.165, 1.54) is 0 Å². The van der Waals surface area contributed by atoms with Crippen molar-refractivity contribution in [2.24, 2.45) is 5.92 Å². The molecule has 0 spiro atoms. The summed E-state index contributed by atoms with van der Waals surface area (Å²) in [5.41, 5.74) is 2.74. The first kappa shape index (κ1) is 22.2. The van der Waals surface area contributed by atoms with Crippen LogP contribution in [0.1, 0.15) is 31.2 Å². The van der Waals surface area contributed by atoms with Crippen LogP contribution < -0.4 is 10.2 Å². The molecule has 1 N–H and O–H groups in total. The number of aromatic nitrogens is 1. The van der Waals surface area contributed by atoms with E-state index in [-0.39, 0.29) is 17.9 Å². The Morgan fingerprint density at radius 2 is 2.03 bits per heavy atom. The van der Waals surface area contributed by atoms with Crippen LogP contribution in [0.15, 0.2) is 42.7 Å². The number of rotatable bonds is 7. The smallest absolute Gasteiger partial charge is 0.247 e. The van der Waals surface area contributed by atoms with Crippen molar-refractivity contribution in [3.63, 3.8) is 0 Å². The molecule has 1 aliphatic carbocycles. The SMILES string of the molecule is O=C(Nc1ccc(N2CCOCC2)c(Cl)c1)[C@@H]1C[C@H]2C[C@H]2N1C(=O)CCCc1cccnc1. The molecule has 33 heavy (non-hydrogen) atoms. The van der Waals surface area contributed by atoms with Crippen molar-refractivity contribution >= 4 is 34.8 Å². The van der Waals surface area contributed by atoms with E-state index in [1.807, 2.05) is 35.4 Å². The molecule has 1 aromatic carbocycles. The number of nitrogens with one attached hydrogen (secondary N) is 1. The fourth-order valence-electron chi connectivity index (χ4n) is 5.04. The summed E-state index contributed by atoms with van der Waals surface area (Å²) < 4.78 is 5.41. The average molecular weight is 469 g/mol. The first-order valence-corrected chi connectivity index (χ1v) is 12.1. The second-order valence-corrected chi connectivity index (χ2v) is 9.49. The van der Waals surface area contributed by atoms with Crippen molar-refractivity contribution in [2.75, 3.05) is 36.5 Å². The lowest BCUT2D eigenvalue weighted by atomic mass is 10.1. The molecule has 1 aromatic heterocycles. The molecule has 174 valence electrons. The van der Waals surface area contributed by atoms with E-state index in [4.69, 9.17) is 16.3 Å². The number of benzene rings is 1. The number of hydrogen-bond acceptors (Lipinski definition) is 5. The van der Waals surface area contributed by atoms with Gasteiger partial charge in [0.15, 0.2) is 0 Å². The van der Waals surface area contributed by atoms with Crippen LogP contribution in [0.2, 0.25) is 5.02 Å². The Morgan fingerprint density at radius 1 is 1.18 bits per heavy atom. The van der Waals surface area contributed by atoms with E-state index in [0.29, 0.717) is 36.3 Å². The minimum absolute atomic E-state index is 0.0738. The number of piperidine rings is 1. The van der Waals surface area contributed by atoms with E-state index >= 15 is 0 Å². The first-order chi connectivity index (χ1) is 16.1. The highest BCUT2D eigenvalue weighted by Crippen LogP contribution is 2.48. The Kier molecular flexibility index (Phi) is 6.51. The minimum atomic E-state index is -0.405. The Bertz CT molecular complexity index is 1010. The van der Waals surface area contributed by atoms with Gasteiger partial charge in [-0.1, -0.05) is 17.7 Å². The van der Waals surface area contributed by atoms with Gasteiger partial charge < -0.3 is 19.9 Å². The number of amides is 2. The van der Waals surface area contributed by atoms with Crippen molar-refractivity contribution in [1.82, 2.24) is 9.88 Å². The second kappa shape index (κ2) is 9.69. The number of pyridine rings is 1. The van der Waals surface area contributed by atoms with Gasteiger partial charge >= 0.3 is 0 Å². The van der Waals surface area contributed by atoms with Crippen molar-refractivity contribution in [3.05, 3.63) is 53.3 Å². The van der Waals surface area contributed by atoms with Crippen LogP contribution in [-0.2, 0) is 20.7 Å². The Morgan fingerprint density at radius 3 is 2.79 bits per heavy atom. The topological polar surface area (TPSA) is 74.8 Å². The largest absolute Gasteiger partial charge is 0.378 e. The van der Waals surface area contributed by atoms with E-state index in [9.17, 15) is 9.59 Å². The van der Waals surface area contributed by atoms with Gasteiger partial charge in [-0.3, -0.25) is 14.6 Å². The lowest BCUT2D eigenvalue weighted by molar-refractivity contribution is -0.138. The van der Waals surface area contributed by atoms with Crippen molar-refractivity contribution in [1.29, 1.82) is 0 Å². The Hall–Kier alpha value is -2.64. The molecule has 0 bridgehead atoms. The summed E-state index contributed by atoms with van der Waals surface area (Å²) in [4.78, 5) is 34.3. The maximum absolute atomic E-state index is 13.1. The molecule has 7 nitrogen and oxygen atoms in total. The zero-order chi connectivity index (χ0) is 22.8.